The number of benzene rings is 1. The molecule has 0 saturated heterocycles. The molecule has 150 valence electrons. The highest BCUT2D eigenvalue weighted by Gasteiger charge is 2.38. The maximum atomic E-state index is 12.6. The van der Waals surface area contributed by atoms with Crippen LogP contribution in [0.4, 0.5) is 13.2 Å². The molecule has 8 nitrogen and oxygen atoms in total. The Morgan fingerprint density at radius 1 is 1.21 bits per heavy atom. The van der Waals surface area contributed by atoms with E-state index in [1.165, 1.54) is 22.0 Å². The largest absolute Gasteiger partial charge is 0.471 e. The van der Waals surface area contributed by atoms with Crippen LogP contribution in [0.15, 0.2) is 28.8 Å². The molecule has 0 unspecified atom stereocenters. The second-order valence-corrected chi connectivity index (χ2v) is 6.62. The predicted octanol–water partition coefficient (Wildman–Crippen LogP) is 1.84. The predicted molar refractivity (Wildman–Crippen MR) is 90.1 cm³/mol. The van der Waals surface area contributed by atoms with E-state index in [9.17, 15) is 22.8 Å². The van der Waals surface area contributed by atoms with Crippen molar-refractivity contribution < 1.29 is 27.3 Å². The summed E-state index contributed by atoms with van der Waals surface area (Å²) in [4.78, 5) is 29.2. The van der Waals surface area contributed by atoms with Gasteiger partial charge in [0.15, 0.2) is 0 Å². The first-order chi connectivity index (χ1) is 13.1. The van der Waals surface area contributed by atoms with Crippen LogP contribution in [-0.4, -0.2) is 52.0 Å². The number of nitrogens with zero attached hydrogens (tertiary/aromatic N) is 4. The van der Waals surface area contributed by atoms with Gasteiger partial charge < -0.3 is 9.42 Å². The number of carbonyl (C=O) groups excluding carboxylic acids is 2. The lowest BCUT2D eigenvalue weighted by Gasteiger charge is -2.23. The molecule has 1 aliphatic carbocycles. The van der Waals surface area contributed by atoms with Crippen molar-refractivity contribution >= 4 is 11.8 Å². The molecule has 2 aromatic rings. The molecule has 0 bridgehead atoms. The Morgan fingerprint density at radius 2 is 1.86 bits per heavy atom. The van der Waals surface area contributed by atoms with Crippen molar-refractivity contribution in [1.29, 1.82) is 0 Å². The van der Waals surface area contributed by atoms with Gasteiger partial charge >= 0.3 is 23.9 Å². The Labute approximate surface area is 158 Å². The van der Waals surface area contributed by atoms with E-state index in [1.807, 2.05) is 0 Å². The van der Waals surface area contributed by atoms with Crippen LogP contribution in [0.2, 0.25) is 0 Å². The summed E-state index contributed by atoms with van der Waals surface area (Å²) in [6.07, 6.45) is -3.06. The van der Waals surface area contributed by atoms with Crippen molar-refractivity contribution in [1.82, 2.24) is 25.5 Å². The summed E-state index contributed by atoms with van der Waals surface area (Å²) in [5, 5.41) is 4.72. The summed E-state index contributed by atoms with van der Waals surface area (Å²) >= 11 is 0. The van der Waals surface area contributed by atoms with Gasteiger partial charge in [0.2, 0.25) is 5.82 Å². The summed E-state index contributed by atoms with van der Waals surface area (Å²) in [5.74, 6) is -2.95. The minimum atomic E-state index is -4.70. The van der Waals surface area contributed by atoms with E-state index >= 15 is 0 Å². The molecule has 1 fully saturated rings. The van der Waals surface area contributed by atoms with Gasteiger partial charge in [-0.3, -0.25) is 15.0 Å². The van der Waals surface area contributed by atoms with E-state index in [1.54, 1.807) is 26.2 Å². The molecule has 1 aromatic heterocycles. The van der Waals surface area contributed by atoms with Crippen LogP contribution in [0.1, 0.15) is 24.3 Å². The van der Waals surface area contributed by atoms with Crippen LogP contribution in [0, 0.1) is 0 Å². The Hall–Kier alpha value is -2.95. The molecule has 1 N–H and O–H groups in total. The van der Waals surface area contributed by atoms with Crippen molar-refractivity contribution in [3.63, 3.8) is 0 Å². The maximum Gasteiger partial charge on any atom is 0.471 e. The fraction of sp³-hybridized carbons (Fsp3) is 0.412. The number of halogens is 3. The first kappa shape index (κ1) is 19.8. The highest BCUT2D eigenvalue weighted by atomic mass is 19.4. The summed E-state index contributed by atoms with van der Waals surface area (Å²) in [5.41, 5.74) is 3.49. The zero-order valence-corrected chi connectivity index (χ0v) is 15.2. The number of rotatable bonds is 5. The lowest BCUT2D eigenvalue weighted by atomic mass is 10.1. The van der Waals surface area contributed by atoms with Gasteiger partial charge in [-0.1, -0.05) is 29.4 Å². The molecule has 1 aromatic carbocycles. The van der Waals surface area contributed by atoms with E-state index in [0.717, 1.165) is 18.4 Å². The summed E-state index contributed by atoms with van der Waals surface area (Å²) in [6.45, 7) is 0.213. The van der Waals surface area contributed by atoms with Crippen LogP contribution < -0.4 is 5.43 Å². The number of hydrogen-bond donors (Lipinski definition) is 1. The van der Waals surface area contributed by atoms with Gasteiger partial charge in [0.05, 0.1) is 0 Å². The quantitative estimate of drug-likeness (QED) is 0.612. The zero-order valence-electron chi connectivity index (χ0n) is 15.2. The Kier molecular flexibility index (Phi) is 5.36. The average molecular weight is 397 g/mol. The third-order valence-electron chi connectivity index (χ3n) is 4.00. The monoisotopic (exact) mass is 397 g/mol. The molecular weight excluding hydrogens is 379 g/mol. The Balaban J connectivity index is 1.71. The van der Waals surface area contributed by atoms with E-state index in [0.29, 0.717) is 5.56 Å². The van der Waals surface area contributed by atoms with Crippen molar-refractivity contribution in [2.24, 2.45) is 0 Å². The fourth-order valence-corrected chi connectivity index (χ4v) is 2.55. The molecule has 0 spiro atoms. The second-order valence-electron chi connectivity index (χ2n) is 6.62. The number of hydrazine groups is 1. The third kappa shape index (κ3) is 4.66. The van der Waals surface area contributed by atoms with Gasteiger partial charge in [-0.15, -0.1) is 0 Å². The van der Waals surface area contributed by atoms with Gasteiger partial charge in [0.1, 0.15) is 0 Å². The maximum absolute atomic E-state index is 12.6. The molecule has 1 saturated carbocycles. The van der Waals surface area contributed by atoms with Crippen LogP contribution in [0.5, 0.6) is 0 Å². The third-order valence-corrected chi connectivity index (χ3v) is 4.00. The van der Waals surface area contributed by atoms with Gasteiger partial charge in [-0.2, -0.15) is 18.2 Å². The zero-order chi connectivity index (χ0) is 20.5. The first-order valence-electron chi connectivity index (χ1n) is 8.44. The average Bonchev–Trinajstić information content (AvgIpc) is 3.33. The second kappa shape index (κ2) is 7.58. The number of alkyl halides is 3. The molecule has 0 aliphatic heterocycles. The summed E-state index contributed by atoms with van der Waals surface area (Å²) in [6, 6.07) is 6.37. The fourth-order valence-electron chi connectivity index (χ4n) is 2.55. The number of nitrogens with one attached hydrogen (secondary N) is 1. The van der Waals surface area contributed by atoms with Gasteiger partial charge in [0.25, 0.3) is 0 Å². The van der Waals surface area contributed by atoms with Crippen LogP contribution in [-0.2, 0) is 22.3 Å². The van der Waals surface area contributed by atoms with E-state index in [2.05, 4.69) is 20.1 Å². The van der Waals surface area contributed by atoms with Crippen LogP contribution >= 0.6 is 0 Å². The SMILES string of the molecule is CN(C)NC(=O)C(=O)N(Cc1ccc(-c2noc(C(F)(F)F)n2)cc1)C1CC1. The highest BCUT2D eigenvalue weighted by molar-refractivity contribution is 6.34. The Bertz CT molecular complexity index is 860. The normalized spacial score (nSPS) is 14.2. The molecule has 11 heteroatoms. The van der Waals surface area contributed by atoms with Crippen molar-refractivity contribution in [2.45, 2.75) is 31.6 Å². The minimum Gasteiger partial charge on any atom is -0.329 e. The molecule has 1 heterocycles. The summed E-state index contributed by atoms with van der Waals surface area (Å²) in [7, 11) is 3.21. The first-order valence-corrected chi connectivity index (χ1v) is 8.44. The molecular formula is C17H18F3N5O3. The number of amides is 2. The van der Waals surface area contributed by atoms with Crippen molar-refractivity contribution in [3.8, 4) is 11.4 Å². The van der Waals surface area contributed by atoms with Gasteiger partial charge in [-0.05, 0) is 18.4 Å². The summed E-state index contributed by atoms with van der Waals surface area (Å²) < 4.78 is 41.9. The van der Waals surface area contributed by atoms with Gasteiger partial charge in [0, 0.05) is 32.2 Å². The van der Waals surface area contributed by atoms with Gasteiger partial charge in [-0.25, -0.2) is 5.01 Å². The lowest BCUT2D eigenvalue weighted by Crippen LogP contribution is -2.47. The molecule has 0 radical (unpaired) electrons. The van der Waals surface area contributed by atoms with Crippen molar-refractivity contribution in [3.05, 3.63) is 35.7 Å². The standard InChI is InChI=1S/C17H18F3N5O3/c1-24(2)22-14(26)15(27)25(12-7-8-12)9-10-3-5-11(6-4-10)13-21-16(28-23-13)17(18,19)20/h3-6,12H,7-9H2,1-2H3,(H,22,26). The molecule has 0 atom stereocenters. The highest BCUT2D eigenvalue weighted by Crippen LogP contribution is 2.30. The van der Waals surface area contributed by atoms with Crippen LogP contribution in [0.25, 0.3) is 11.4 Å². The number of hydrogen-bond acceptors (Lipinski definition) is 6. The molecule has 2 amide bonds. The topological polar surface area (TPSA) is 91.6 Å². The lowest BCUT2D eigenvalue weighted by molar-refractivity contribution is -0.159. The smallest absolute Gasteiger partial charge is 0.329 e. The molecule has 1 aliphatic rings. The van der Waals surface area contributed by atoms with Crippen LogP contribution in [0.3, 0.4) is 0 Å². The van der Waals surface area contributed by atoms with E-state index in [-0.39, 0.29) is 18.4 Å². The van der Waals surface area contributed by atoms with E-state index in [4.69, 9.17) is 0 Å². The Morgan fingerprint density at radius 3 is 2.36 bits per heavy atom. The molecule has 3 rings (SSSR count). The minimum absolute atomic E-state index is 0.00615. The molecule has 28 heavy (non-hydrogen) atoms. The van der Waals surface area contributed by atoms with Crippen molar-refractivity contribution in [2.75, 3.05) is 14.1 Å². The van der Waals surface area contributed by atoms with E-state index < -0.39 is 23.9 Å². The number of carbonyl (C=O) groups is 2. The number of aromatic nitrogens is 2.